The second-order valence-electron chi connectivity index (χ2n) is 4.68. The fourth-order valence-electron chi connectivity index (χ4n) is 2.37. The number of fused-ring (bicyclic) bond motifs is 1. The molecule has 1 aliphatic carbocycles. The van der Waals surface area contributed by atoms with Crippen molar-refractivity contribution in [2.75, 3.05) is 18.2 Å². The maximum atomic E-state index is 12.1. The van der Waals surface area contributed by atoms with Crippen molar-refractivity contribution in [2.24, 2.45) is 0 Å². The topological polar surface area (TPSA) is 97.0 Å². The molecule has 0 atom stereocenters. The Morgan fingerprint density at radius 2 is 2.36 bits per heavy atom. The van der Waals surface area contributed by atoms with E-state index in [1.54, 1.807) is 0 Å². The highest BCUT2D eigenvalue weighted by atomic mass is 32.2. The zero-order chi connectivity index (χ0) is 15.5. The summed E-state index contributed by atoms with van der Waals surface area (Å²) < 4.78 is 4.85. The van der Waals surface area contributed by atoms with Crippen LogP contribution in [0, 0.1) is 0 Å². The van der Waals surface area contributed by atoms with Crippen molar-refractivity contribution in [2.45, 2.75) is 24.4 Å². The number of aromatic nitrogens is 3. The first-order valence-electron chi connectivity index (χ1n) is 6.70. The highest BCUT2D eigenvalue weighted by molar-refractivity contribution is 7.99. The third kappa shape index (κ3) is 3.00. The fraction of sp³-hybridized carbons (Fsp3) is 0.385. The zero-order valence-electron chi connectivity index (χ0n) is 11.8. The molecular weight excluding hydrogens is 324 g/mol. The van der Waals surface area contributed by atoms with Gasteiger partial charge in [0, 0.05) is 4.88 Å². The first kappa shape index (κ1) is 15.0. The number of thiophene rings is 1. The standard InChI is InChI=1S/C13H14N4O3S2/c1-20-12(19)10-7-3-2-4-8(7)22-11(10)16-9(18)5-21-13-14-6-15-17-13/h6H,2-5H2,1H3,(H,16,18)(H,14,15,17). The van der Waals surface area contributed by atoms with Crippen molar-refractivity contribution in [1.29, 1.82) is 0 Å². The van der Waals surface area contributed by atoms with Crippen LogP contribution in [0.4, 0.5) is 5.00 Å². The molecule has 0 radical (unpaired) electrons. The number of carbonyl (C=O) groups is 2. The lowest BCUT2D eigenvalue weighted by Crippen LogP contribution is -2.16. The monoisotopic (exact) mass is 338 g/mol. The smallest absolute Gasteiger partial charge is 0.341 e. The van der Waals surface area contributed by atoms with E-state index in [-0.39, 0.29) is 11.7 Å². The van der Waals surface area contributed by atoms with Crippen molar-refractivity contribution in [3.05, 3.63) is 22.3 Å². The second kappa shape index (κ2) is 6.49. The molecule has 0 aromatic carbocycles. The van der Waals surface area contributed by atoms with Gasteiger partial charge in [-0.25, -0.2) is 9.78 Å². The van der Waals surface area contributed by atoms with Crippen LogP contribution in [0.25, 0.3) is 0 Å². The Morgan fingerprint density at radius 1 is 1.50 bits per heavy atom. The quantitative estimate of drug-likeness (QED) is 0.638. The molecule has 0 bridgehead atoms. The Hall–Kier alpha value is -1.87. The molecule has 0 saturated heterocycles. The molecule has 0 fully saturated rings. The molecule has 116 valence electrons. The van der Waals surface area contributed by atoms with Crippen LogP contribution >= 0.6 is 23.1 Å². The molecule has 9 heteroatoms. The highest BCUT2D eigenvalue weighted by Crippen LogP contribution is 2.39. The Bertz CT molecular complexity index is 696. The molecule has 2 N–H and O–H groups in total. The third-order valence-electron chi connectivity index (χ3n) is 3.30. The first-order valence-corrected chi connectivity index (χ1v) is 8.50. The lowest BCUT2D eigenvalue weighted by molar-refractivity contribution is -0.113. The largest absolute Gasteiger partial charge is 0.465 e. The van der Waals surface area contributed by atoms with E-state index in [4.69, 9.17) is 4.74 Å². The van der Waals surface area contributed by atoms with E-state index in [9.17, 15) is 9.59 Å². The van der Waals surface area contributed by atoms with Crippen molar-refractivity contribution in [3.63, 3.8) is 0 Å². The zero-order valence-corrected chi connectivity index (χ0v) is 13.5. The molecule has 3 rings (SSSR count). The highest BCUT2D eigenvalue weighted by Gasteiger charge is 2.27. The molecule has 2 aromatic rings. The number of aryl methyl sites for hydroxylation is 1. The van der Waals surface area contributed by atoms with Crippen LogP contribution in [-0.4, -0.2) is 39.9 Å². The molecule has 22 heavy (non-hydrogen) atoms. The number of hydrogen-bond donors (Lipinski definition) is 2. The lowest BCUT2D eigenvalue weighted by atomic mass is 10.1. The number of rotatable bonds is 5. The van der Waals surface area contributed by atoms with Crippen molar-refractivity contribution < 1.29 is 14.3 Å². The Kier molecular flexibility index (Phi) is 4.44. The van der Waals surface area contributed by atoms with Crippen LogP contribution in [-0.2, 0) is 22.4 Å². The summed E-state index contributed by atoms with van der Waals surface area (Å²) in [4.78, 5) is 29.1. The van der Waals surface area contributed by atoms with Crippen LogP contribution < -0.4 is 5.32 Å². The van der Waals surface area contributed by atoms with Gasteiger partial charge in [0.15, 0.2) is 5.16 Å². The first-order chi connectivity index (χ1) is 10.7. The third-order valence-corrected chi connectivity index (χ3v) is 5.38. The van der Waals surface area contributed by atoms with Gasteiger partial charge < -0.3 is 10.1 Å². The Labute approximate surface area is 134 Å². The number of nitrogens with zero attached hydrogens (tertiary/aromatic N) is 2. The number of amides is 1. The van der Waals surface area contributed by atoms with Gasteiger partial charge >= 0.3 is 5.97 Å². The van der Waals surface area contributed by atoms with Crippen molar-refractivity contribution in [3.8, 4) is 0 Å². The summed E-state index contributed by atoms with van der Waals surface area (Å²) in [6.45, 7) is 0. The predicted octanol–water partition coefficient (Wildman–Crippen LogP) is 1.87. The van der Waals surface area contributed by atoms with Crippen LogP contribution in [0.3, 0.4) is 0 Å². The van der Waals surface area contributed by atoms with E-state index in [1.807, 2.05) is 0 Å². The number of methoxy groups -OCH3 is 1. The number of thioether (sulfide) groups is 1. The van der Waals surface area contributed by atoms with Gasteiger partial charge in [-0.1, -0.05) is 11.8 Å². The summed E-state index contributed by atoms with van der Waals surface area (Å²) in [6.07, 6.45) is 4.24. The van der Waals surface area contributed by atoms with Gasteiger partial charge in [-0.15, -0.1) is 11.3 Å². The number of nitrogens with one attached hydrogen (secondary N) is 2. The van der Waals surface area contributed by atoms with Gasteiger partial charge in [0.25, 0.3) is 0 Å². The van der Waals surface area contributed by atoms with Crippen molar-refractivity contribution in [1.82, 2.24) is 15.2 Å². The summed E-state index contributed by atoms with van der Waals surface area (Å²) in [5.41, 5.74) is 1.54. The fourth-order valence-corrected chi connectivity index (χ4v) is 4.24. The molecule has 2 aromatic heterocycles. The van der Waals surface area contributed by atoms with E-state index < -0.39 is 5.97 Å². The van der Waals surface area contributed by atoms with E-state index >= 15 is 0 Å². The molecule has 1 amide bonds. The van der Waals surface area contributed by atoms with Gasteiger partial charge in [-0.3, -0.25) is 9.89 Å². The molecule has 1 aliphatic rings. The molecule has 0 unspecified atom stereocenters. The normalized spacial score (nSPS) is 13.0. The van der Waals surface area contributed by atoms with Gasteiger partial charge in [-0.05, 0) is 24.8 Å². The van der Waals surface area contributed by atoms with Crippen molar-refractivity contribution >= 4 is 40.0 Å². The summed E-state index contributed by atoms with van der Waals surface area (Å²) in [5.74, 6) is -0.387. The molecular formula is C13H14N4O3S2. The molecule has 7 nitrogen and oxygen atoms in total. The summed E-state index contributed by atoms with van der Waals surface area (Å²) in [7, 11) is 1.35. The average Bonchev–Trinajstić information content (AvgIpc) is 3.21. The number of carbonyl (C=O) groups excluding carboxylic acids is 2. The number of anilines is 1. The Balaban J connectivity index is 1.72. The van der Waals surface area contributed by atoms with Gasteiger partial charge in [0.1, 0.15) is 11.3 Å². The number of hydrogen-bond acceptors (Lipinski definition) is 7. The van der Waals surface area contributed by atoms with Crippen LogP contribution in [0.1, 0.15) is 27.2 Å². The molecule has 2 heterocycles. The Morgan fingerprint density at radius 3 is 3.09 bits per heavy atom. The van der Waals surface area contributed by atoms with E-state index in [0.29, 0.717) is 15.7 Å². The van der Waals surface area contributed by atoms with E-state index in [0.717, 1.165) is 24.8 Å². The maximum absolute atomic E-state index is 12.1. The molecule has 0 saturated carbocycles. The van der Waals surface area contributed by atoms with Gasteiger partial charge in [0.2, 0.25) is 5.91 Å². The summed E-state index contributed by atoms with van der Waals surface area (Å²) >= 11 is 2.72. The minimum absolute atomic E-state index is 0.188. The van der Waals surface area contributed by atoms with Gasteiger partial charge in [0.05, 0.1) is 18.4 Å². The predicted molar refractivity (Wildman–Crippen MR) is 83.4 cm³/mol. The van der Waals surface area contributed by atoms with E-state index in [1.165, 1.54) is 41.4 Å². The number of esters is 1. The number of ether oxygens (including phenoxy) is 1. The number of aromatic amines is 1. The summed E-state index contributed by atoms with van der Waals surface area (Å²) in [6, 6.07) is 0. The minimum Gasteiger partial charge on any atom is -0.465 e. The van der Waals surface area contributed by atoms with Gasteiger partial charge in [-0.2, -0.15) is 5.10 Å². The lowest BCUT2D eigenvalue weighted by Gasteiger charge is -2.06. The summed E-state index contributed by atoms with van der Waals surface area (Å²) in [5, 5.41) is 10.4. The SMILES string of the molecule is COC(=O)c1c(NC(=O)CSc2ncn[nH]2)sc2c1CCC2. The molecule has 0 spiro atoms. The van der Waals surface area contributed by atoms with Crippen LogP contribution in [0.15, 0.2) is 11.5 Å². The second-order valence-corrected chi connectivity index (χ2v) is 6.75. The van der Waals surface area contributed by atoms with E-state index in [2.05, 4.69) is 20.5 Å². The average molecular weight is 338 g/mol. The number of H-pyrrole nitrogens is 1. The van der Waals surface area contributed by atoms with Crippen LogP contribution in [0.2, 0.25) is 0 Å². The molecule has 0 aliphatic heterocycles. The minimum atomic E-state index is -0.391. The maximum Gasteiger partial charge on any atom is 0.341 e. The van der Waals surface area contributed by atoms with Crippen LogP contribution in [0.5, 0.6) is 0 Å².